The van der Waals surface area contributed by atoms with E-state index in [1.54, 1.807) is 12.1 Å². The summed E-state index contributed by atoms with van der Waals surface area (Å²) in [5.74, 6) is -0.234. The predicted octanol–water partition coefficient (Wildman–Crippen LogP) is 5.05. The fraction of sp³-hybridized carbons (Fsp3) is 0.0833. The summed E-state index contributed by atoms with van der Waals surface area (Å²) in [5, 5.41) is 11.7. The van der Waals surface area contributed by atoms with Gasteiger partial charge in [-0.1, -0.05) is 35.3 Å². The van der Waals surface area contributed by atoms with Crippen LogP contribution in [0.1, 0.15) is 15.2 Å². The second kappa shape index (κ2) is 5.97. The van der Waals surface area contributed by atoms with Gasteiger partial charge in [0, 0.05) is 16.0 Å². The molecule has 94 valence electrons. The van der Waals surface area contributed by atoms with Gasteiger partial charge < -0.3 is 5.11 Å². The molecule has 0 spiro atoms. The zero-order valence-corrected chi connectivity index (χ0v) is 12.2. The van der Waals surface area contributed by atoms with Gasteiger partial charge in [-0.05, 0) is 17.7 Å². The lowest BCUT2D eigenvalue weighted by atomic mass is 10.2. The predicted molar refractivity (Wildman–Crippen MR) is 77.3 cm³/mol. The molecule has 1 aromatic heterocycles. The first-order valence-electron chi connectivity index (χ1n) is 4.95. The number of thioether (sulfide) groups is 1. The molecule has 18 heavy (non-hydrogen) atoms. The van der Waals surface area contributed by atoms with Crippen LogP contribution in [0.15, 0.2) is 34.5 Å². The van der Waals surface area contributed by atoms with E-state index in [1.807, 2.05) is 17.5 Å². The van der Waals surface area contributed by atoms with E-state index in [0.717, 1.165) is 10.5 Å². The minimum atomic E-state index is -0.896. The largest absolute Gasteiger partial charge is 0.477 e. The summed E-state index contributed by atoms with van der Waals surface area (Å²) in [6.07, 6.45) is 0. The number of rotatable bonds is 4. The minimum Gasteiger partial charge on any atom is -0.477 e. The third kappa shape index (κ3) is 3.20. The Morgan fingerprint density at radius 1 is 1.39 bits per heavy atom. The van der Waals surface area contributed by atoms with Gasteiger partial charge in [-0.15, -0.1) is 23.1 Å². The minimum absolute atomic E-state index is 0.342. The molecule has 0 bridgehead atoms. The third-order valence-corrected chi connectivity index (χ3v) is 5.16. The number of carboxylic acids is 1. The molecule has 1 heterocycles. The number of thiophene rings is 1. The number of hydrogen-bond acceptors (Lipinski definition) is 3. The molecular weight excluding hydrogens is 311 g/mol. The van der Waals surface area contributed by atoms with E-state index in [2.05, 4.69) is 0 Å². The van der Waals surface area contributed by atoms with Crippen LogP contribution >= 0.6 is 46.3 Å². The van der Waals surface area contributed by atoms with Crippen molar-refractivity contribution in [1.82, 2.24) is 0 Å². The highest BCUT2D eigenvalue weighted by Crippen LogP contribution is 2.32. The first-order chi connectivity index (χ1) is 8.58. The van der Waals surface area contributed by atoms with E-state index in [9.17, 15) is 4.79 Å². The molecule has 0 radical (unpaired) electrons. The van der Waals surface area contributed by atoms with E-state index >= 15 is 0 Å². The van der Waals surface area contributed by atoms with Crippen LogP contribution < -0.4 is 0 Å². The van der Waals surface area contributed by atoms with Gasteiger partial charge in [0.2, 0.25) is 0 Å². The summed E-state index contributed by atoms with van der Waals surface area (Å²) in [6.45, 7) is 0. The molecule has 1 N–H and O–H groups in total. The maximum atomic E-state index is 10.7. The van der Waals surface area contributed by atoms with E-state index < -0.39 is 5.97 Å². The Hall–Kier alpha value is -0.680. The van der Waals surface area contributed by atoms with Gasteiger partial charge in [0.15, 0.2) is 0 Å². The van der Waals surface area contributed by atoms with Gasteiger partial charge in [0.1, 0.15) is 4.88 Å². The highest BCUT2D eigenvalue weighted by Gasteiger charge is 2.09. The molecule has 0 amide bonds. The van der Waals surface area contributed by atoms with Gasteiger partial charge >= 0.3 is 5.97 Å². The Balaban J connectivity index is 2.07. The molecule has 0 atom stereocenters. The molecule has 0 fully saturated rings. The lowest BCUT2D eigenvalue weighted by molar-refractivity contribution is 0.0702. The maximum Gasteiger partial charge on any atom is 0.345 e. The summed E-state index contributed by atoms with van der Waals surface area (Å²) in [4.78, 5) is 12.0. The molecule has 0 unspecified atom stereocenters. The van der Waals surface area contributed by atoms with E-state index in [-0.39, 0.29) is 0 Å². The van der Waals surface area contributed by atoms with Crippen molar-refractivity contribution in [2.24, 2.45) is 0 Å². The summed E-state index contributed by atoms with van der Waals surface area (Å²) < 4.78 is 0. The van der Waals surface area contributed by atoms with Gasteiger partial charge in [0.25, 0.3) is 0 Å². The molecule has 1 aromatic carbocycles. The Morgan fingerprint density at radius 2 is 2.17 bits per heavy atom. The molecule has 0 saturated carbocycles. The zero-order chi connectivity index (χ0) is 13.1. The topological polar surface area (TPSA) is 37.3 Å². The molecule has 2 nitrogen and oxygen atoms in total. The van der Waals surface area contributed by atoms with Crippen molar-refractivity contribution < 1.29 is 9.90 Å². The van der Waals surface area contributed by atoms with Crippen LogP contribution in [0, 0.1) is 0 Å². The number of benzene rings is 1. The molecule has 0 aliphatic rings. The monoisotopic (exact) mass is 318 g/mol. The average molecular weight is 319 g/mol. The smallest absolute Gasteiger partial charge is 0.345 e. The number of carbonyl (C=O) groups is 1. The van der Waals surface area contributed by atoms with Gasteiger partial charge in [-0.25, -0.2) is 4.79 Å². The SMILES string of the molecule is O=C(O)c1cc(SCc2cccc(Cl)c2Cl)cs1. The fourth-order valence-electron chi connectivity index (χ4n) is 1.33. The number of aromatic carboxylic acids is 1. The zero-order valence-electron chi connectivity index (χ0n) is 9.02. The second-order valence-electron chi connectivity index (χ2n) is 3.45. The number of halogens is 2. The third-order valence-electron chi connectivity index (χ3n) is 2.21. The number of carboxylic acid groups (broad SMARTS) is 1. The summed E-state index contributed by atoms with van der Waals surface area (Å²) >= 11 is 14.8. The Morgan fingerprint density at radius 3 is 2.83 bits per heavy atom. The van der Waals surface area contributed by atoms with Crippen molar-refractivity contribution in [3.8, 4) is 0 Å². The highest BCUT2D eigenvalue weighted by molar-refractivity contribution is 7.98. The van der Waals surface area contributed by atoms with Gasteiger partial charge in [-0.3, -0.25) is 0 Å². The van der Waals surface area contributed by atoms with Crippen molar-refractivity contribution in [3.63, 3.8) is 0 Å². The van der Waals surface area contributed by atoms with Crippen LogP contribution in [-0.4, -0.2) is 11.1 Å². The first kappa shape index (κ1) is 13.7. The van der Waals surface area contributed by atoms with E-state index in [4.69, 9.17) is 28.3 Å². The molecule has 2 aromatic rings. The molecule has 2 rings (SSSR count). The van der Waals surface area contributed by atoms with Crippen LogP contribution in [-0.2, 0) is 5.75 Å². The van der Waals surface area contributed by atoms with Crippen molar-refractivity contribution in [3.05, 3.63) is 50.1 Å². The quantitative estimate of drug-likeness (QED) is 0.802. The van der Waals surface area contributed by atoms with Gasteiger partial charge in [0.05, 0.1) is 10.0 Å². The summed E-state index contributed by atoms with van der Waals surface area (Å²) in [6, 6.07) is 7.16. The molecule has 0 aliphatic heterocycles. The highest BCUT2D eigenvalue weighted by atomic mass is 35.5. The van der Waals surface area contributed by atoms with Crippen molar-refractivity contribution in [1.29, 1.82) is 0 Å². The van der Waals surface area contributed by atoms with E-state index in [0.29, 0.717) is 20.7 Å². The Bertz CT molecular complexity index is 581. The van der Waals surface area contributed by atoms with Crippen molar-refractivity contribution >= 4 is 52.3 Å². The normalized spacial score (nSPS) is 10.6. The average Bonchev–Trinajstić information content (AvgIpc) is 2.80. The lowest BCUT2D eigenvalue weighted by Crippen LogP contribution is -1.89. The Kier molecular flexibility index (Phi) is 4.56. The lowest BCUT2D eigenvalue weighted by Gasteiger charge is -2.04. The van der Waals surface area contributed by atoms with Crippen molar-refractivity contribution in [2.45, 2.75) is 10.6 Å². The fourth-order valence-corrected chi connectivity index (χ4v) is 3.66. The summed E-state index contributed by atoms with van der Waals surface area (Å²) in [7, 11) is 0. The van der Waals surface area contributed by atoms with Gasteiger partial charge in [-0.2, -0.15) is 0 Å². The second-order valence-corrected chi connectivity index (χ2v) is 6.20. The summed E-state index contributed by atoms with van der Waals surface area (Å²) in [5.41, 5.74) is 0.942. The Labute approximate surface area is 123 Å². The van der Waals surface area contributed by atoms with Crippen LogP contribution in [0.25, 0.3) is 0 Å². The molecule has 0 saturated heterocycles. The van der Waals surface area contributed by atoms with Crippen molar-refractivity contribution in [2.75, 3.05) is 0 Å². The molecule has 0 aliphatic carbocycles. The van der Waals surface area contributed by atoms with Crippen LogP contribution in [0.4, 0.5) is 0 Å². The number of hydrogen-bond donors (Lipinski definition) is 1. The van der Waals surface area contributed by atoms with Crippen LogP contribution in [0.2, 0.25) is 10.0 Å². The maximum absolute atomic E-state index is 10.7. The first-order valence-corrected chi connectivity index (χ1v) is 7.57. The van der Waals surface area contributed by atoms with E-state index in [1.165, 1.54) is 23.1 Å². The van der Waals surface area contributed by atoms with Crippen LogP contribution in [0.3, 0.4) is 0 Å². The molecular formula is C12H8Cl2O2S2. The van der Waals surface area contributed by atoms with Crippen LogP contribution in [0.5, 0.6) is 0 Å². The molecule has 6 heteroatoms. The standard InChI is InChI=1S/C12H8Cl2O2S2/c13-9-3-1-2-7(11(9)14)5-17-8-4-10(12(15)16)18-6-8/h1-4,6H,5H2,(H,15,16).